The third-order valence-electron chi connectivity index (χ3n) is 4.02. The summed E-state index contributed by atoms with van der Waals surface area (Å²) in [6.07, 6.45) is 3.55. The molecule has 5 heteroatoms. The van der Waals surface area contributed by atoms with Crippen molar-refractivity contribution in [1.29, 1.82) is 0 Å². The van der Waals surface area contributed by atoms with Gasteiger partial charge in [0.1, 0.15) is 0 Å². The Bertz CT molecular complexity index is 314. The van der Waals surface area contributed by atoms with E-state index in [0.29, 0.717) is 19.5 Å². The topological polar surface area (TPSA) is 58.6 Å². The summed E-state index contributed by atoms with van der Waals surface area (Å²) in [5.41, 5.74) is -0.213. The van der Waals surface area contributed by atoms with Crippen molar-refractivity contribution >= 4 is 11.8 Å². The standard InChI is InChI=1S/C12H20N2O3/c1-13-11(16)9-7-14(8-9)10(15)6-12(17-2)4-3-5-12/h9H,3-8H2,1-2H3,(H,13,16). The number of hydrogen-bond acceptors (Lipinski definition) is 3. The molecule has 2 fully saturated rings. The highest BCUT2D eigenvalue weighted by Crippen LogP contribution is 2.38. The summed E-state index contributed by atoms with van der Waals surface area (Å²) < 4.78 is 5.43. The van der Waals surface area contributed by atoms with Gasteiger partial charge in [-0.25, -0.2) is 0 Å². The SMILES string of the molecule is CNC(=O)C1CN(C(=O)CC2(OC)CCC2)C1. The molecule has 0 aromatic heterocycles. The fourth-order valence-electron chi connectivity index (χ4n) is 2.46. The van der Waals surface area contributed by atoms with Crippen LogP contribution in [0.3, 0.4) is 0 Å². The van der Waals surface area contributed by atoms with Crippen LogP contribution in [0, 0.1) is 5.92 Å². The number of nitrogens with zero attached hydrogens (tertiary/aromatic N) is 1. The molecule has 1 aliphatic heterocycles. The molecule has 1 saturated carbocycles. The first-order valence-corrected chi connectivity index (χ1v) is 6.15. The fraction of sp³-hybridized carbons (Fsp3) is 0.833. The van der Waals surface area contributed by atoms with Gasteiger partial charge in [0, 0.05) is 27.2 Å². The summed E-state index contributed by atoms with van der Waals surface area (Å²) in [6, 6.07) is 0. The molecule has 0 atom stereocenters. The van der Waals surface area contributed by atoms with Crippen molar-refractivity contribution in [3.05, 3.63) is 0 Å². The van der Waals surface area contributed by atoms with Crippen LogP contribution < -0.4 is 5.32 Å². The Morgan fingerprint density at radius 1 is 1.41 bits per heavy atom. The number of hydrogen-bond donors (Lipinski definition) is 1. The number of carbonyl (C=O) groups is 2. The number of methoxy groups -OCH3 is 1. The second-order valence-corrected chi connectivity index (χ2v) is 5.03. The van der Waals surface area contributed by atoms with E-state index in [4.69, 9.17) is 4.74 Å². The Morgan fingerprint density at radius 3 is 2.47 bits per heavy atom. The molecule has 0 spiro atoms. The van der Waals surface area contributed by atoms with E-state index < -0.39 is 0 Å². The fourth-order valence-corrected chi connectivity index (χ4v) is 2.46. The van der Waals surface area contributed by atoms with Gasteiger partial charge in [-0.05, 0) is 19.3 Å². The molecule has 1 aliphatic carbocycles. The quantitative estimate of drug-likeness (QED) is 0.761. The maximum Gasteiger partial charge on any atom is 0.226 e. The zero-order valence-electron chi connectivity index (χ0n) is 10.5. The molecule has 2 aliphatic rings. The van der Waals surface area contributed by atoms with Crippen LogP contribution in [0.5, 0.6) is 0 Å². The molecule has 1 heterocycles. The molecule has 1 N–H and O–H groups in total. The summed E-state index contributed by atoms with van der Waals surface area (Å²) in [5, 5.41) is 2.61. The smallest absolute Gasteiger partial charge is 0.226 e. The van der Waals surface area contributed by atoms with E-state index in [0.717, 1.165) is 19.3 Å². The second kappa shape index (κ2) is 4.64. The predicted molar refractivity (Wildman–Crippen MR) is 62.3 cm³/mol. The first kappa shape index (κ1) is 12.4. The Balaban J connectivity index is 1.77. The first-order chi connectivity index (χ1) is 8.10. The minimum absolute atomic E-state index is 0.0242. The minimum Gasteiger partial charge on any atom is -0.378 e. The van der Waals surface area contributed by atoms with Crippen LogP contribution in [0.4, 0.5) is 0 Å². The van der Waals surface area contributed by atoms with Crippen molar-refractivity contribution in [3.8, 4) is 0 Å². The average Bonchev–Trinajstić information content (AvgIpc) is 2.21. The molecule has 17 heavy (non-hydrogen) atoms. The molecular weight excluding hydrogens is 220 g/mol. The predicted octanol–water partition coefficient (Wildman–Crippen LogP) is 0.150. The van der Waals surface area contributed by atoms with Crippen molar-refractivity contribution in [1.82, 2.24) is 10.2 Å². The third kappa shape index (κ3) is 2.29. The first-order valence-electron chi connectivity index (χ1n) is 6.15. The van der Waals surface area contributed by atoms with E-state index in [1.807, 2.05) is 0 Å². The highest BCUT2D eigenvalue weighted by Gasteiger charge is 2.43. The van der Waals surface area contributed by atoms with Crippen molar-refractivity contribution in [2.75, 3.05) is 27.2 Å². The van der Waals surface area contributed by atoms with Gasteiger partial charge in [0.05, 0.1) is 17.9 Å². The number of ether oxygens (including phenoxy) is 1. The average molecular weight is 240 g/mol. The van der Waals surface area contributed by atoms with Gasteiger partial charge in [-0.1, -0.05) is 0 Å². The van der Waals surface area contributed by atoms with E-state index in [9.17, 15) is 9.59 Å². The van der Waals surface area contributed by atoms with E-state index in [1.54, 1.807) is 19.1 Å². The number of nitrogens with one attached hydrogen (secondary N) is 1. The van der Waals surface area contributed by atoms with Crippen molar-refractivity contribution < 1.29 is 14.3 Å². The van der Waals surface area contributed by atoms with E-state index in [-0.39, 0.29) is 23.3 Å². The van der Waals surface area contributed by atoms with Gasteiger partial charge >= 0.3 is 0 Å². The maximum atomic E-state index is 12.0. The van der Waals surface area contributed by atoms with Gasteiger partial charge in [-0.2, -0.15) is 0 Å². The minimum atomic E-state index is -0.213. The van der Waals surface area contributed by atoms with Crippen molar-refractivity contribution in [2.45, 2.75) is 31.3 Å². The normalized spacial score (nSPS) is 22.6. The molecule has 96 valence electrons. The number of rotatable bonds is 4. The Morgan fingerprint density at radius 2 is 2.06 bits per heavy atom. The van der Waals surface area contributed by atoms with Crippen molar-refractivity contribution in [3.63, 3.8) is 0 Å². The van der Waals surface area contributed by atoms with Gasteiger partial charge in [0.2, 0.25) is 11.8 Å². The largest absolute Gasteiger partial charge is 0.378 e. The monoisotopic (exact) mass is 240 g/mol. The maximum absolute atomic E-state index is 12.0. The highest BCUT2D eigenvalue weighted by atomic mass is 16.5. The van der Waals surface area contributed by atoms with Gasteiger partial charge in [0.25, 0.3) is 0 Å². The number of carbonyl (C=O) groups excluding carboxylic acids is 2. The molecule has 5 nitrogen and oxygen atoms in total. The summed E-state index contributed by atoms with van der Waals surface area (Å²) >= 11 is 0. The van der Waals surface area contributed by atoms with Crippen molar-refractivity contribution in [2.24, 2.45) is 5.92 Å². The number of amides is 2. The van der Waals surface area contributed by atoms with Gasteiger partial charge in [-0.15, -0.1) is 0 Å². The van der Waals surface area contributed by atoms with Gasteiger partial charge < -0.3 is 15.0 Å². The molecule has 0 unspecified atom stereocenters. The summed E-state index contributed by atoms with van der Waals surface area (Å²) in [7, 11) is 3.30. The lowest BCUT2D eigenvalue weighted by atomic mass is 9.77. The zero-order chi connectivity index (χ0) is 12.5. The lowest BCUT2D eigenvalue weighted by Crippen LogP contribution is -2.57. The van der Waals surface area contributed by atoms with E-state index in [2.05, 4.69) is 5.32 Å². The summed E-state index contributed by atoms with van der Waals surface area (Å²) in [5.74, 6) is 0.120. The van der Waals surface area contributed by atoms with Crippen LogP contribution in [0.25, 0.3) is 0 Å². The Labute approximate surface area is 101 Å². The number of likely N-dealkylation sites (tertiary alicyclic amines) is 1. The van der Waals surface area contributed by atoms with Gasteiger partial charge in [-0.3, -0.25) is 9.59 Å². The third-order valence-corrected chi connectivity index (χ3v) is 4.02. The molecule has 0 aromatic rings. The second-order valence-electron chi connectivity index (χ2n) is 5.03. The van der Waals surface area contributed by atoms with Crippen LogP contribution in [0.2, 0.25) is 0 Å². The van der Waals surface area contributed by atoms with Crippen LogP contribution in [-0.4, -0.2) is 49.6 Å². The molecule has 0 radical (unpaired) electrons. The van der Waals surface area contributed by atoms with E-state index >= 15 is 0 Å². The zero-order valence-corrected chi connectivity index (χ0v) is 10.5. The van der Waals surface area contributed by atoms with Crippen LogP contribution >= 0.6 is 0 Å². The van der Waals surface area contributed by atoms with Crippen LogP contribution in [0.1, 0.15) is 25.7 Å². The summed E-state index contributed by atoms with van der Waals surface area (Å²) in [4.78, 5) is 25.0. The van der Waals surface area contributed by atoms with E-state index in [1.165, 1.54) is 0 Å². The molecule has 0 aromatic carbocycles. The molecular formula is C12H20N2O3. The molecule has 0 bridgehead atoms. The van der Waals surface area contributed by atoms with Gasteiger partial charge in [0.15, 0.2) is 0 Å². The molecule has 2 rings (SSSR count). The Hall–Kier alpha value is -1.10. The van der Waals surface area contributed by atoms with Crippen LogP contribution in [0.15, 0.2) is 0 Å². The molecule has 2 amide bonds. The Kier molecular flexibility index (Phi) is 3.38. The van der Waals surface area contributed by atoms with Crippen LogP contribution in [-0.2, 0) is 14.3 Å². The summed E-state index contributed by atoms with van der Waals surface area (Å²) in [6.45, 7) is 1.11. The highest BCUT2D eigenvalue weighted by molar-refractivity contribution is 5.84. The molecule has 1 saturated heterocycles. The lowest BCUT2D eigenvalue weighted by Gasteiger charge is -2.44. The lowest BCUT2D eigenvalue weighted by molar-refractivity contribution is -0.152.